The third-order valence-electron chi connectivity index (χ3n) is 1.63. The summed E-state index contributed by atoms with van der Waals surface area (Å²) < 4.78 is 4.60. The van der Waals surface area contributed by atoms with Gasteiger partial charge in [-0.1, -0.05) is 0 Å². The van der Waals surface area contributed by atoms with Gasteiger partial charge < -0.3 is 4.74 Å². The molecule has 1 rings (SSSR count). The zero-order chi connectivity index (χ0) is 12.0. The maximum Gasteiger partial charge on any atom is 0.380 e. The number of hydrogen-bond acceptors (Lipinski definition) is 5. The van der Waals surface area contributed by atoms with Crippen molar-refractivity contribution in [2.45, 2.75) is 6.92 Å². The monoisotopic (exact) mass is 235 g/mol. The fourth-order valence-electron chi connectivity index (χ4n) is 0.981. The van der Waals surface area contributed by atoms with E-state index in [2.05, 4.69) is 4.74 Å². The number of ether oxygens (including phenoxy) is 1. The lowest BCUT2D eigenvalue weighted by Crippen LogP contribution is -2.16. The van der Waals surface area contributed by atoms with E-state index in [9.17, 15) is 9.59 Å². The summed E-state index contributed by atoms with van der Waals surface area (Å²) in [5, 5.41) is 8.33. The van der Waals surface area contributed by atoms with Gasteiger partial charge in [0.15, 0.2) is 0 Å². The standard InChI is InChI=1S/C11H9NO3S/c1-2-15-11(14)10(13)9-6-5-8(16-9)4-3-7-12/h3-6H,2H2,1H3. The minimum Gasteiger partial charge on any atom is -0.460 e. The van der Waals surface area contributed by atoms with E-state index in [0.717, 1.165) is 16.2 Å². The first kappa shape index (κ1) is 12.1. The van der Waals surface area contributed by atoms with E-state index < -0.39 is 11.8 Å². The van der Waals surface area contributed by atoms with Crippen LogP contribution in [0.2, 0.25) is 0 Å². The van der Waals surface area contributed by atoms with Gasteiger partial charge in [0.1, 0.15) is 0 Å². The average Bonchev–Trinajstić information content (AvgIpc) is 2.74. The normalized spacial score (nSPS) is 10.0. The second-order valence-corrected chi connectivity index (χ2v) is 3.83. The second-order valence-electron chi connectivity index (χ2n) is 2.71. The van der Waals surface area contributed by atoms with E-state index in [4.69, 9.17) is 5.26 Å². The van der Waals surface area contributed by atoms with Crippen LogP contribution in [-0.2, 0) is 9.53 Å². The number of esters is 1. The fourth-order valence-corrected chi connectivity index (χ4v) is 1.82. The van der Waals surface area contributed by atoms with Crippen LogP contribution >= 0.6 is 11.3 Å². The Morgan fingerprint density at radius 3 is 2.94 bits per heavy atom. The molecule has 5 heteroatoms. The smallest absolute Gasteiger partial charge is 0.380 e. The molecule has 0 spiro atoms. The summed E-state index contributed by atoms with van der Waals surface area (Å²) in [4.78, 5) is 23.7. The Bertz CT molecular complexity index is 468. The number of allylic oxidation sites excluding steroid dienone is 1. The van der Waals surface area contributed by atoms with Crippen LogP contribution in [0.3, 0.4) is 0 Å². The van der Waals surface area contributed by atoms with E-state index in [1.54, 1.807) is 25.1 Å². The van der Waals surface area contributed by atoms with Gasteiger partial charge in [-0.3, -0.25) is 4.79 Å². The summed E-state index contributed by atoms with van der Waals surface area (Å²) >= 11 is 1.15. The van der Waals surface area contributed by atoms with Crippen LogP contribution in [0, 0.1) is 11.3 Å². The highest BCUT2D eigenvalue weighted by molar-refractivity contribution is 7.15. The van der Waals surface area contributed by atoms with Gasteiger partial charge >= 0.3 is 5.97 Å². The Morgan fingerprint density at radius 2 is 2.31 bits per heavy atom. The van der Waals surface area contributed by atoms with E-state index in [-0.39, 0.29) is 6.61 Å². The van der Waals surface area contributed by atoms with Crippen LogP contribution in [0.5, 0.6) is 0 Å². The minimum absolute atomic E-state index is 0.178. The van der Waals surface area contributed by atoms with Gasteiger partial charge in [-0.2, -0.15) is 5.26 Å². The van der Waals surface area contributed by atoms with Crippen molar-refractivity contribution in [2.24, 2.45) is 0 Å². The third-order valence-corrected chi connectivity index (χ3v) is 2.68. The number of hydrogen-bond donors (Lipinski definition) is 0. The van der Waals surface area contributed by atoms with E-state index >= 15 is 0 Å². The number of ketones is 1. The van der Waals surface area contributed by atoms with Crippen LogP contribution < -0.4 is 0 Å². The van der Waals surface area contributed by atoms with E-state index in [0.29, 0.717) is 4.88 Å². The summed E-state index contributed by atoms with van der Waals surface area (Å²) in [6.45, 7) is 1.82. The first-order valence-corrected chi connectivity index (χ1v) is 5.38. The molecule has 0 amide bonds. The lowest BCUT2D eigenvalue weighted by molar-refractivity contribution is -0.137. The van der Waals surface area contributed by atoms with Crippen molar-refractivity contribution in [1.29, 1.82) is 5.26 Å². The Hall–Kier alpha value is -1.93. The molecule has 0 saturated heterocycles. The van der Waals surface area contributed by atoms with Crippen molar-refractivity contribution in [3.05, 3.63) is 28.0 Å². The number of nitriles is 1. The quantitative estimate of drug-likeness (QED) is 0.346. The van der Waals surface area contributed by atoms with Crippen molar-refractivity contribution >= 4 is 29.2 Å². The lowest BCUT2D eigenvalue weighted by Gasteiger charge is -1.97. The molecule has 0 aliphatic carbocycles. The summed E-state index contributed by atoms with van der Waals surface area (Å²) in [5.41, 5.74) is 0. The molecule has 0 bridgehead atoms. The number of carbonyl (C=O) groups excluding carboxylic acids is 2. The van der Waals surface area contributed by atoms with E-state index in [1.165, 1.54) is 6.08 Å². The summed E-state index contributed by atoms with van der Waals surface area (Å²) in [6, 6.07) is 5.06. The maximum atomic E-state index is 11.5. The average molecular weight is 235 g/mol. The number of nitrogens with zero attached hydrogens (tertiary/aromatic N) is 1. The van der Waals surface area contributed by atoms with Gasteiger partial charge in [-0.25, -0.2) is 4.79 Å². The van der Waals surface area contributed by atoms with E-state index in [1.807, 2.05) is 6.07 Å². The first-order valence-electron chi connectivity index (χ1n) is 4.56. The molecular formula is C11H9NO3S. The highest BCUT2D eigenvalue weighted by Gasteiger charge is 2.18. The van der Waals surface area contributed by atoms with Crippen LogP contribution in [0.1, 0.15) is 21.5 Å². The molecular weight excluding hydrogens is 226 g/mol. The van der Waals surface area contributed by atoms with Crippen molar-refractivity contribution in [1.82, 2.24) is 0 Å². The summed E-state index contributed by atoms with van der Waals surface area (Å²) in [6.07, 6.45) is 2.89. The number of Topliss-reactive ketones (excluding diaryl/α,β-unsaturated/α-hetero) is 1. The number of rotatable bonds is 4. The molecule has 82 valence electrons. The fraction of sp³-hybridized carbons (Fsp3) is 0.182. The number of thiophene rings is 1. The molecule has 16 heavy (non-hydrogen) atoms. The molecule has 1 aromatic heterocycles. The third kappa shape index (κ3) is 3.04. The predicted molar refractivity (Wildman–Crippen MR) is 59.9 cm³/mol. The first-order chi connectivity index (χ1) is 7.69. The largest absolute Gasteiger partial charge is 0.460 e. The van der Waals surface area contributed by atoms with Gasteiger partial charge in [0.2, 0.25) is 0 Å². The van der Waals surface area contributed by atoms with Gasteiger partial charge in [0.25, 0.3) is 5.78 Å². The molecule has 4 nitrogen and oxygen atoms in total. The molecule has 0 atom stereocenters. The van der Waals surface area contributed by atoms with Crippen LogP contribution in [-0.4, -0.2) is 18.4 Å². The molecule has 0 fully saturated rings. The molecule has 0 saturated carbocycles. The van der Waals surface area contributed by atoms with Gasteiger partial charge in [0.05, 0.1) is 17.6 Å². The topological polar surface area (TPSA) is 67.2 Å². The van der Waals surface area contributed by atoms with Crippen molar-refractivity contribution < 1.29 is 14.3 Å². The Balaban J connectivity index is 2.78. The molecule has 0 aliphatic rings. The minimum atomic E-state index is -0.847. The van der Waals surface area contributed by atoms with Crippen LogP contribution in [0.15, 0.2) is 18.2 Å². The molecule has 0 radical (unpaired) electrons. The molecule has 0 aromatic carbocycles. The van der Waals surface area contributed by atoms with Crippen molar-refractivity contribution in [2.75, 3.05) is 6.61 Å². The van der Waals surface area contributed by atoms with Crippen molar-refractivity contribution in [3.8, 4) is 6.07 Å². The van der Waals surface area contributed by atoms with Crippen LogP contribution in [0.4, 0.5) is 0 Å². The van der Waals surface area contributed by atoms with Gasteiger partial charge in [-0.05, 0) is 25.1 Å². The molecule has 0 unspecified atom stereocenters. The molecule has 1 heterocycles. The highest BCUT2D eigenvalue weighted by Crippen LogP contribution is 2.18. The zero-order valence-electron chi connectivity index (χ0n) is 8.60. The molecule has 0 N–H and O–H groups in total. The number of carbonyl (C=O) groups is 2. The lowest BCUT2D eigenvalue weighted by atomic mass is 10.3. The Morgan fingerprint density at radius 1 is 1.56 bits per heavy atom. The SMILES string of the molecule is CCOC(=O)C(=O)c1ccc(C=CC#N)s1. The highest BCUT2D eigenvalue weighted by atomic mass is 32.1. The summed E-state index contributed by atoms with van der Waals surface area (Å²) in [7, 11) is 0. The predicted octanol–water partition coefficient (Wildman–Crippen LogP) is 2.03. The Kier molecular flexibility index (Phi) is 4.42. The van der Waals surface area contributed by atoms with Gasteiger partial charge in [0, 0.05) is 11.0 Å². The maximum absolute atomic E-state index is 11.5. The zero-order valence-corrected chi connectivity index (χ0v) is 9.41. The summed E-state index contributed by atoms with van der Waals surface area (Å²) in [5.74, 6) is -1.50. The van der Waals surface area contributed by atoms with Crippen molar-refractivity contribution in [3.63, 3.8) is 0 Å². The second kappa shape index (κ2) is 5.83. The van der Waals surface area contributed by atoms with Crippen LogP contribution in [0.25, 0.3) is 6.08 Å². The van der Waals surface area contributed by atoms with Gasteiger partial charge in [-0.15, -0.1) is 11.3 Å². The Labute approximate surface area is 96.8 Å². The molecule has 1 aromatic rings. The molecule has 0 aliphatic heterocycles.